The van der Waals surface area contributed by atoms with Crippen LogP contribution in [0, 0.1) is 17.8 Å². The van der Waals surface area contributed by atoms with Gasteiger partial charge in [0, 0.05) is 11.3 Å². The number of carbonyl (C=O) groups is 1. The van der Waals surface area contributed by atoms with Gasteiger partial charge in [0.15, 0.2) is 0 Å². The minimum absolute atomic E-state index is 0.221. The molecular formula is C21H29NOS. The molecule has 4 aliphatic rings. The van der Waals surface area contributed by atoms with E-state index in [9.17, 15) is 4.79 Å². The fourth-order valence-electron chi connectivity index (χ4n) is 5.64. The van der Waals surface area contributed by atoms with Crippen molar-refractivity contribution < 1.29 is 4.79 Å². The van der Waals surface area contributed by atoms with Crippen LogP contribution in [-0.2, 0) is 4.79 Å². The monoisotopic (exact) mass is 343 g/mol. The van der Waals surface area contributed by atoms with Gasteiger partial charge >= 0.3 is 0 Å². The smallest absolute Gasteiger partial charge is 0.230 e. The topological polar surface area (TPSA) is 29.1 Å². The Balaban J connectivity index is 1.25. The second-order valence-corrected chi connectivity index (χ2v) is 9.95. The van der Waals surface area contributed by atoms with Gasteiger partial charge in [-0.3, -0.25) is 4.79 Å². The molecule has 0 saturated heterocycles. The highest BCUT2D eigenvalue weighted by Crippen LogP contribution is 2.60. The largest absolute Gasteiger partial charge is 0.355 e. The van der Waals surface area contributed by atoms with Crippen LogP contribution in [0.3, 0.4) is 0 Å². The molecular weight excluding hydrogens is 314 g/mol. The molecule has 1 amide bonds. The Hall–Kier alpha value is -0.960. The summed E-state index contributed by atoms with van der Waals surface area (Å²) in [6, 6.07) is 10.5. The summed E-state index contributed by atoms with van der Waals surface area (Å²) in [5.41, 5.74) is 1.30. The summed E-state index contributed by atoms with van der Waals surface area (Å²) in [4.78, 5) is 12.3. The number of nitrogens with one attached hydrogen (secondary N) is 1. The molecule has 3 heteroatoms. The Labute approximate surface area is 150 Å². The van der Waals surface area contributed by atoms with Gasteiger partial charge in [0.05, 0.1) is 5.75 Å². The Morgan fingerprint density at radius 2 is 1.71 bits per heavy atom. The summed E-state index contributed by atoms with van der Waals surface area (Å²) in [6.07, 6.45) is 8.54. The second kappa shape index (κ2) is 6.74. The van der Waals surface area contributed by atoms with Crippen molar-refractivity contribution in [1.29, 1.82) is 0 Å². The third kappa shape index (κ3) is 3.51. The lowest BCUT2D eigenvalue weighted by Gasteiger charge is -2.56. The minimum atomic E-state index is 0.221. The number of hydrogen-bond acceptors (Lipinski definition) is 2. The first-order valence-electron chi connectivity index (χ1n) is 9.57. The number of thioether (sulfide) groups is 1. The Kier molecular flexibility index (Phi) is 4.64. The number of benzene rings is 1. The zero-order valence-corrected chi connectivity index (χ0v) is 15.5. The van der Waals surface area contributed by atoms with Crippen molar-refractivity contribution in [3.05, 3.63) is 35.9 Å². The number of hydrogen-bond donors (Lipinski definition) is 1. The molecule has 0 spiro atoms. The van der Waals surface area contributed by atoms with Gasteiger partial charge in [-0.25, -0.2) is 0 Å². The van der Waals surface area contributed by atoms with E-state index in [1.54, 1.807) is 0 Å². The van der Waals surface area contributed by atoms with Gasteiger partial charge in [0.2, 0.25) is 5.91 Å². The summed E-state index contributed by atoms with van der Waals surface area (Å²) < 4.78 is 0.442. The normalized spacial score (nSPS) is 35.0. The Bertz CT molecular complexity index is 549. The van der Waals surface area contributed by atoms with Crippen molar-refractivity contribution in [2.24, 2.45) is 17.8 Å². The number of carbonyl (C=O) groups excluding carboxylic acids is 1. The fraction of sp³-hybridized carbons (Fsp3) is 0.667. The van der Waals surface area contributed by atoms with Gasteiger partial charge in [-0.2, -0.15) is 0 Å². The molecule has 1 atom stereocenters. The van der Waals surface area contributed by atoms with E-state index < -0.39 is 0 Å². The van der Waals surface area contributed by atoms with E-state index in [0.717, 1.165) is 24.3 Å². The van der Waals surface area contributed by atoms with Crippen molar-refractivity contribution in [2.45, 2.75) is 56.1 Å². The molecule has 0 radical (unpaired) electrons. The van der Waals surface area contributed by atoms with Gasteiger partial charge in [-0.05, 0) is 67.8 Å². The summed E-state index contributed by atoms with van der Waals surface area (Å²) in [5.74, 6) is 4.13. The van der Waals surface area contributed by atoms with Crippen molar-refractivity contribution in [3.8, 4) is 0 Å². The average molecular weight is 344 g/mol. The first-order valence-corrected chi connectivity index (χ1v) is 10.6. The highest BCUT2D eigenvalue weighted by molar-refractivity contribution is 8.01. The maximum atomic E-state index is 12.3. The van der Waals surface area contributed by atoms with E-state index in [0.29, 0.717) is 16.4 Å². The van der Waals surface area contributed by atoms with E-state index in [-0.39, 0.29) is 5.91 Å². The van der Waals surface area contributed by atoms with E-state index >= 15 is 0 Å². The molecule has 4 fully saturated rings. The molecule has 1 aromatic rings. The van der Waals surface area contributed by atoms with Crippen LogP contribution in [0.5, 0.6) is 0 Å². The number of rotatable bonds is 6. The van der Waals surface area contributed by atoms with Gasteiger partial charge in [-0.1, -0.05) is 37.3 Å². The van der Waals surface area contributed by atoms with Crippen LogP contribution in [0.25, 0.3) is 0 Å². The van der Waals surface area contributed by atoms with E-state index in [4.69, 9.17) is 0 Å². The SMILES string of the molecule is C[C@@H](CNC(=O)CSC12CC3CC(CC(C3)C1)C2)c1ccccc1. The van der Waals surface area contributed by atoms with Crippen LogP contribution in [0.4, 0.5) is 0 Å². The highest BCUT2D eigenvalue weighted by atomic mass is 32.2. The second-order valence-electron chi connectivity index (χ2n) is 8.51. The molecule has 5 rings (SSSR count). The first kappa shape index (κ1) is 16.5. The van der Waals surface area contributed by atoms with Crippen molar-refractivity contribution in [3.63, 3.8) is 0 Å². The zero-order chi connectivity index (χ0) is 16.6. The summed E-state index contributed by atoms with van der Waals surface area (Å²) in [6.45, 7) is 2.92. The molecule has 4 bridgehead atoms. The molecule has 1 aromatic carbocycles. The van der Waals surface area contributed by atoms with Crippen LogP contribution in [0.15, 0.2) is 30.3 Å². The van der Waals surface area contributed by atoms with Crippen LogP contribution >= 0.6 is 11.8 Å². The third-order valence-electron chi connectivity index (χ3n) is 6.47. The van der Waals surface area contributed by atoms with E-state index in [2.05, 4.69) is 36.5 Å². The zero-order valence-electron chi connectivity index (χ0n) is 14.7. The maximum Gasteiger partial charge on any atom is 0.230 e. The number of amides is 1. The standard InChI is InChI=1S/C21H29NOS/c1-15(19-5-3-2-4-6-19)13-22-20(23)14-24-21-10-16-7-17(11-21)9-18(8-16)12-21/h2-6,15-18H,7-14H2,1H3,(H,22,23)/t15-,16?,17?,18?,21?/m0/s1. The molecule has 0 unspecified atom stereocenters. The average Bonchev–Trinajstić information content (AvgIpc) is 2.57. The summed E-state index contributed by atoms with van der Waals surface area (Å²) >= 11 is 1.98. The molecule has 4 saturated carbocycles. The first-order chi connectivity index (χ1) is 11.6. The molecule has 4 aliphatic carbocycles. The van der Waals surface area contributed by atoms with Gasteiger partial charge in [0.1, 0.15) is 0 Å². The third-order valence-corrected chi connectivity index (χ3v) is 7.98. The molecule has 0 aliphatic heterocycles. The fourth-order valence-corrected chi connectivity index (χ4v) is 7.24. The van der Waals surface area contributed by atoms with Crippen LogP contribution < -0.4 is 5.32 Å². The van der Waals surface area contributed by atoms with Crippen LogP contribution in [0.1, 0.15) is 56.9 Å². The molecule has 130 valence electrons. The van der Waals surface area contributed by atoms with Crippen molar-refractivity contribution in [1.82, 2.24) is 5.32 Å². The summed E-state index contributed by atoms with van der Waals surface area (Å²) in [7, 11) is 0. The van der Waals surface area contributed by atoms with Gasteiger partial charge < -0.3 is 5.32 Å². The van der Waals surface area contributed by atoms with Gasteiger partial charge in [0.25, 0.3) is 0 Å². The van der Waals surface area contributed by atoms with E-state index in [1.165, 1.54) is 44.1 Å². The molecule has 0 aromatic heterocycles. The minimum Gasteiger partial charge on any atom is -0.355 e. The highest BCUT2D eigenvalue weighted by Gasteiger charge is 2.51. The molecule has 24 heavy (non-hydrogen) atoms. The molecule has 0 heterocycles. The molecule has 1 N–H and O–H groups in total. The predicted molar refractivity (Wildman–Crippen MR) is 101 cm³/mol. The lowest BCUT2D eigenvalue weighted by Crippen LogP contribution is -2.49. The predicted octanol–water partition coefficient (Wildman–Crippen LogP) is 4.61. The Morgan fingerprint density at radius 1 is 1.12 bits per heavy atom. The lowest BCUT2D eigenvalue weighted by atomic mass is 9.56. The molecule has 2 nitrogen and oxygen atoms in total. The Morgan fingerprint density at radius 3 is 2.29 bits per heavy atom. The lowest BCUT2D eigenvalue weighted by molar-refractivity contribution is -0.118. The van der Waals surface area contributed by atoms with Crippen LogP contribution in [-0.4, -0.2) is 23.0 Å². The quantitative estimate of drug-likeness (QED) is 0.817. The van der Waals surface area contributed by atoms with Crippen LogP contribution in [0.2, 0.25) is 0 Å². The maximum absolute atomic E-state index is 12.3. The summed E-state index contributed by atoms with van der Waals surface area (Å²) in [5, 5.41) is 3.15. The van der Waals surface area contributed by atoms with Crippen molar-refractivity contribution >= 4 is 17.7 Å². The van der Waals surface area contributed by atoms with E-state index in [1.807, 2.05) is 17.8 Å². The van der Waals surface area contributed by atoms with Gasteiger partial charge in [-0.15, -0.1) is 11.8 Å². The van der Waals surface area contributed by atoms with Crippen molar-refractivity contribution in [2.75, 3.05) is 12.3 Å².